The van der Waals surface area contributed by atoms with Crippen LogP contribution in [0.25, 0.3) is 0 Å². The summed E-state index contributed by atoms with van der Waals surface area (Å²) in [4.78, 5) is 11.1. The molecule has 0 amide bonds. The minimum atomic E-state index is -0.395. The van der Waals surface area contributed by atoms with E-state index in [-0.39, 0.29) is 5.97 Å². The molecule has 0 aliphatic heterocycles. The van der Waals surface area contributed by atoms with Gasteiger partial charge in [-0.25, -0.2) is 0 Å². The maximum absolute atomic E-state index is 11.1. The molecule has 1 aromatic rings. The van der Waals surface area contributed by atoms with Gasteiger partial charge in [0.2, 0.25) is 0 Å². The first-order valence-electron chi connectivity index (χ1n) is 7.37. The van der Waals surface area contributed by atoms with Gasteiger partial charge in [-0.15, -0.1) is 11.8 Å². The molecule has 0 heterocycles. The van der Waals surface area contributed by atoms with Gasteiger partial charge < -0.3 is 10.1 Å². The highest BCUT2D eigenvalue weighted by molar-refractivity contribution is 7.99. The zero-order valence-electron chi connectivity index (χ0n) is 13.7. The Morgan fingerprint density at radius 3 is 2.48 bits per heavy atom. The number of benzene rings is 1. The monoisotopic (exact) mass is 309 g/mol. The van der Waals surface area contributed by atoms with E-state index in [0.29, 0.717) is 11.3 Å². The fourth-order valence-corrected chi connectivity index (χ4v) is 3.72. The molecule has 0 aliphatic rings. The van der Waals surface area contributed by atoms with E-state index in [1.807, 2.05) is 38.7 Å². The first-order valence-corrected chi connectivity index (χ1v) is 8.42. The van der Waals surface area contributed by atoms with Crippen LogP contribution in [-0.2, 0) is 9.53 Å². The zero-order chi connectivity index (χ0) is 15.9. The topological polar surface area (TPSA) is 38.3 Å². The largest absolute Gasteiger partial charge is 0.460 e. The lowest BCUT2D eigenvalue weighted by atomic mass is 9.96. The van der Waals surface area contributed by atoms with Crippen molar-refractivity contribution >= 4 is 17.7 Å². The van der Waals surface area contributed by atoms with E-state index in [4.69, 9.17) is 4.74 Å². The number of esters is 1. The maximum atomic E-state index is 11.1. The minimum absolute atomic E-state index is 0.211. The molecule has 0 bridgehead atoms. The van der Waals surface area contributed by atoms with Crippen LogP contribution in [0.2, 0.25) is 0 Å². The molecule has 4 heteroatoms. The van der Waals surface area contributed by atoms with Crippen molar-refractivity contribution in [3.63, 3.8) is 0 Å². The van der Waals surface area contributed by atoms with Crippen LogP contribution in [0.4, 0.5) is 0 Å². The molecule has 0 saturated carbocycles. The van der Waals surface area contributed by atoms with Crippen LogP contribution in [0.5, 0.6) is 0 Å². The van der Waals surface area contributed by atoms with E-state index in [2.05, 4.69) is 36.5 Å². The molecule has 0 fully saturated rings. The molecule has 1 rings (SSSR count). The molecule has 2 atom stereocenters. The number of hydrogen-bond donors (Lipinski definition) is 1. The summed E-state index contributed by atoms with van der Waals surface area (Å²) in [5.74, 6) is 1.28. The normalized spacial score (nSPS) is 14.5. The molecule has 1 aromatic carbocycles. The third kappa shape index (κ3) is 7.00. The molecule has 0 radical (unpaired) electrons. The predicted molar refractivity (Wildman–Crippen MR) is 90.3 cm³/mol. The molecule has 0 saturated heterocycles. The molecular formula is C17H27NO2S. The molecular weight excluding hydrogens is 282 g/mol. The Labute approximate surface area is 132 Å². The number of ether oxygens (including phenoxy) is 1. The van der Waals surface area contributed by atoms with Gasteiger partial charge >= 0.3 is 5.97 Å². The summed E-state index contributed by atoms with van der Waals surface area (Å²) in [5, 5.41) is 3.64. The second-order valence-electron chi connectivity index (χ2n) is 6.08. The summed E-state index contributed by atoms with van der Waals surface area (Å²) in [5.41, 5.74) is 0.893. The van der Waals surface area contributed by atoms with E-state index < -0.39 is 5.60 Å². The Balaban J connectivity index is 2.48. The van der Waals surface area contributed by atoms with E-state index in [1.165, 1.54) is 12.5 Å². The van der Waals surface area contributed by atoms with Crippen molar-refractivity contribution in [2.75, 3.05) is 12.8 Å². The number of thioether (sulfide) groups is 1. The van der Waals surface area contributed by atoms with Gasteiger partial charge in [0.15, 0.2) is 0 Å². The second kappa shape index (κ2) is 8.44. The van der Waals surface area contributed by atoms with Crippen LogP contribution in [0, 0.1) is 5.92 Å². The van der Waals surface area contributed by atoms with Crippen molar-refractivity contribution in [1.29, 1.82) is 0 Å². The molecule has 0 spiro atoms. The van der Waals surface area contributed by atoms with Crippen LogP contribution in [0.3, 0.4) is 0 Å². The molecule has 2 unspecified atom stereocenters. The average molecular weight is 309 g/mol. The SMILES string of the molecule is CNC(SCC(C)CC(C)(C)OC(C)=O)c1ccccc1. The van der Waals surface area contributed by atoms with E-state index in [0.717, 1.165) is 12.2 Å². The van der Waals surface area contributed by atoms with Crippen LogP contribution in [0.1, 0.15) is 45.1 Å². The summed E-state index contributed by atoms with van der Waals surface area (Å²) in [7, 11) is 1.98. The van der Waals surface area contributed by atoms with Gasteiger partial charge in [0.05, 0.1) is 5.37 Å². The summed E-state index contributed by atoms with van der Waals surface area (Å²) in [6.45, 7) is 7.62. The van der Waals surface area contributed by atoms with E-state index in [9.17, 15) is 4.79 Å². The summed E-state index contributed by atoms with van der Waals surface area (Å²) in [6.07, 6.45) is 0.866. The standard InChI is InChI=1S/C17H27NO2S/c1-13(11-17(3,4)20-14(2)19)12-21-16(18-5)15-9-7-6-8-10-15/h6-10,13,16,18H,11-12H2,1-5H3. The van der Waals surface area contributed by atoms with Crippen LogP contribution in [-0.4, -0.2) is 24.4 Å². The fraction of sp³-hybridized carbons (Fsp3) is 0.588. The van der Waals surface area contributed by atoms with Crippen molar-refractivity contribution in [3.8, 4) is 0 Å². The first-order chi connectivity index (χ1) is 9.84. The summed E-state index contributed by atoms with van der Waals surface area (Å²) >= 11 is 1.89. The van der Waals surface area contributed by atoms with Crippen molar-refractivity contribution in [2.24, 2.45) is 5.92 Å². The molecule has 0 aliphatic carbocycles. The molecule has 3 nitrogen and oxygen atoms in total. The zero-order valence-corrected chi connectivity index (χ0v) is 14.5. The van der Waals surface area contributed by atoms with Gasteiger partial charge in [0.25, 0.3) is 0 Å². The number of nitrogens with one attached hydrogen (secondary N) is 1. The molecule has 1 N–H and O–H groups in total. The quantitative estimate of drug-likeness (QED) is 0.582. The number of rotatable bonds is 8. The Morgan fingerprint density at radius 2 is 1.95 bits per heavy atom. The Kier molecular flexibility index (Phi) is 7.26. The van der Waals surface area contributed by atoms with Gasteiger partial charge in [-0.3, -0.25) is 4.79 Å². The Bertz CT molecular complexity index is 434. The van der Waals surface area contributed by atoms with Crippen molar-refractivity contribution in [1.82, 2.24) is 5.32 Å². The van der Waals surface area contributed by atoms with Gasteiger partial charge in [0.1, 0.15) is 5.60 Å². The average Bonchev–Trinajstić information content (AvgIpc) is 2.38. The van der Waals surface area contributed by atoms with Gasteiger partial charge in [-0.2, -0.15) is 0 Å². The van der Waals surface area contributed by atoms with Crippen LogP contribution in [0.15, 0.2) is 30.3 Å². The van der Waals surface area contributed by atoms with Crippen molar-refractivity contribution in [2.45, 2.75) is 45.1 Å². The predicted octanol–water partition coefficient (Wildman–Crippen LogP) is 4.01. The highest BCUT2D eigenvalue weighted by Gasteiger charge is 2.24. The van der Waals surface area contributed by atoms with Crippen LogP contribution >= 0.6 is 11.8 Å². The lowest BCUT2D eigenvalue weighted by molar-refractivity contribution is -0.154. The van der Waals surface area contributed by atoms with E-state index in [1.54, 1.807) is 0 Å². The first kappa shape index (κ1) is 18.1. The minimum Gasteiger partial charge on any atom is -0.460 e. The molecule has 118 valence electrons. The van der Waals surface area contributed by atoms with Gasteiger partial charge in [-0.1, -0.05) is 37.3 Å². The van der Waals surface area contributed by atoms with E-state index >= 15 is 0 Å². The second-order valence-corrected chi connectivity index (χ2v) is 7.21. The van der Waals surface area contributed by atoms with Gasteiger partial charge in [-0.05, 0) is 44.6 Å². The lowest BCUT2D eigenvalue weighted by Gasteiger charge is -2.28. The molecule has 0 aromatic heterocycles. The van der Waals surface area contributed by atoms with Gasteiger partial charge in [0, 0.05) is 6.92 Å². The molecule has 21 heavy (non-hydrogen) atoms. The summed E-state index contributed by atoms with van der Waals surface area (Å²) < 4.78 is 5.36. The lowest BCUT2D eigenvalue weighted by Crippen LogP contribution is -2.30. The number of hydrogen-bond acceptors (Lipinski definition) is 4. The van der Waals surface area contributed by atoms with Crippen LogP contribution < -0.4 is 5.32 Å². The highest BCUT2D eigenvalue weighted by Crippen LogP contribution is 2.30. The van der Waals surface area contributed by atoms with Crippen molar-refractivity contribution in [3.05, 3.63) is 35.9 Å². The fourth-order valence-electron chi connectivity index (χ4n) is 2.56. The Morgan fingerprint density at radius 1 is 1.33 bits per heavy atom. The Hall–Kier alpha value is -1.00. The number of carbonyl (C=O) groups is 1. The third-order valence-electron chi connectivity index (χ3n) is 3.17. The number of carbonyl (C=O) groups excluding carboxylic acids is 1. The summed E-state index contributed by atoms with van der Waals surface area (Å²) in [6, 6.07) is 10.4. The van der Waals surface area contributed by atoms with Crippen molar-refractivity contribution < 1.29 is 9.53 Å². The maximum Gasteiger partial charge on any atom is 0.303 e. The third-order valence-corrected chi connectivity index (χ3v) is 4.77. The highest BCUT2D eigenvalue weighted by atomic mass is 32.2. The smallest absolute Gasteiger partial charge is 0.303 e.